The van der Waals surface area contributed by atoms with Gasteiger partial charge in [-0.3, -0.25) is 4.79 Å². The Morgan fingerprint density at radius 3 is 3.17 bits per heavy atom. The molecule has 3 aromatic rings. The largest absolute Gasteiger partial charge is 0.497 e. The van der Waals surface area contributed by atoms with E-state index >= 15 is 0 Å². The van der Waals surface area contributed by atoms with Gasteiger partial charge < -0.3 is 19.6 Å². The molecule has 122 valence electrons. The molecular weight excluding hydrogens is 304 g/mol. The molecular formula is C18H18N4O2. The minimum absolute atomic E-state index is 0.162. The molecule has 1 aromatic carbocycles. The number of benzene rings is 1. The maximum absolute atomic E-state index is 12.8. The van der Waals surface area contributed by atoms with E-state index in [-0.39, 0.29) is 5.91 Å². The zero-order chi connectivity index (χ0) is 16.7. The van der Waals surface area contributed by atoms with Gasteiger partial charge in [-0.2, -0.15) is 0 Å². The molecule has 2 aromatic heterocycles. The molecule has 1 amide bonds. The Hall–Kier alpha value is -3.02. The molecule has 0 bridgehead atoms. The summed E-state index contributed by atoms with van der Waals surface area (Å²) in [6.45, 7) is 2.14. The summed E-state index contributed by atoms with van der Waals surface area (Å²) in [5, 5.41) is 2.93. The summed E-state index contributed by atoms with van der Waals surface area (Å²) in [7, 11) is 1.60. The third-order valence-corrected chi connectivity index (χ3v) is 4.40. The monoisotopic (exact) mass is 322 g/mol. The molecule has 0 fully saturated rings. The van der Waals surface area contributed by atoms with Crippen LogP contribution in [-0.2, 0) is 6.42 Å². The number of nitrogens with zero attached hydrogens (tertiary/aromatic N) is 2. The second-order valence-corrected chi connectivity index (χ2v) is 5.95. The zero-order valence-electron chi connectivity index (χ0n) is 13.5. The first-order chi connectivity index (χ1) is 11.7. The summed E-state index contributed by atoms with van der Waals surface area (Å²) < 4.78 is 7.30. The first-order valence-corrected chi connectivity index (χ1v) is 7.86. The molecule has 0 spiro atoms. The predicted octanol–water partition coefficient (Wildman–Crippen LogP) is 3.26. The van der Waals surface area contributed by atoms with Gasteiger partial charge in [0.2, 0.25) is 0 Å². The van der Waals surface area contributed by atoms with E-state index in [1.807, 2.05) is 24.4 Å². The highest BCUT2D eigenvalue weighted by molar-refractivity contribution is 6.08. The lowest BCUT2D eigenvalue weighted by atomic mass is 10.0. The van der Waals surface area contributed by atoms with Crippen LogP contribution in [0.25, 0.3) is 11.4 Å². The van der Waals surface area contributed by atoms with Crippen molar-refractivity contribution in [2.45, 2.75) is 19.4 Å². The van der Waals surface area contributed by atoms with Crippen LogP contribution in [0.1, 0.15) is 29.0 Å². The molecule has 0 saturated carbocycles. The Balaban J connectivity index is 1.68. The van der Waals surface area contributed by atoms with Crippen LogP contribution in [-0.4, -0.2) is 27.6 Å². The van der Waals surface area contributed by atoms with Crippen molar-refractivity contribution in [3.8, 4) is 17.1 Å². The molecule has 1 aliphatic heterocycles. The standard InChI is InChI=1S/C18H18N4O2/c1-11-8-15-16(17-19-6-7-22(11)17)14(10-20-15)18(23)21-12-4-3-5-13(9-12)24-2/h3-7,9-11,20H,8H2,1-2H3,(H,21,23)/t11-/m1/s1. The fraction of sp³-hybridized carbons (Fsp3) is 0.222. The SMILES string of the molecule is COc1cccc(NC(=O)c2c[nH]c3c2-c2nccn2[C@H](C)C3)c1. The second-order valence-electron chi connectivity index (χ2n) is 5.95. The second kappa shape index (κ2) is 5.56. The van der Waals surface area contributed by atoms with Gasteiger partial charge in [0, 0.05) is 48.5 Å². The van der Waals surface area contributed by atoms with Crippen molar-refractivity contribution >= 4 is 11.6 Å². The van der Waals surface area contributed by atoms with Crippen molar-refractivity contribution in [3.05, 3.63) is 54.1 Å². The van der Waals surface area contributed by atoms with Crippen molar-refractivity contribution in [3.63, 3.8) is 0 Å². The van der Waals surface area contributed by atoms with Crippen molar-refractivity contribution in [2.75, 3.05) is 12.4 Å². The van der Waals surface area contributed by atoms with Crippen molar-refractivity contribution in [1.82, 2.24) is 14.5 Å². The van der Waals surface area contributed by atoms with Crippen LogP contribution in [0.15, 0.2) is 42.9 Å². The quantitative estimate of drug-likeness (QED) is 0.777. The molecule has 1 aliphatic rings. The van der Waals surface area contributed by atoms with Crippen LogP contribution in [0, 0.1) is 0 Å². The van der Waals surface area contributed by atoms with Gasteiger partial charge >= 0.3 is 0 Å². The fourth-order valence-corrected chi connectivity index (χ4v) is 3.22. The van der Waals surface area contributed by atoms with Gasteiger partial charge in [0.05, 0.1) is 18.2 Å². The summed E-state index contributed by atoms with van der Waals surface area (Å²) in [5.74, 6) is 1.37. The average Bonchev–Trinajstić information content (AvgIpc) is 3.21. The summed E-state index contributed by atoms with van der Waals surface area (Å²) in [4.78, 5) is 20.4. The molecule has 4 rings (SSSR count). The number of methoxy groups -OCH3 is 1. The number of carbonyl (C=O) groups excluding carboxylic acids is 1. The Bertz CT molecular complexity index is 909. The topological polar surface area (TPSA) is 71.9 Å². The van der Waals surface area contributed by atoms with Gasteiger partial charge in [0.1, 0.15) is 11.6 Å². The predicted molar refractivity (Wildman–Crippen MR) is 91.4 cm³/mol. The van der Waals surface area contributed by atoms with E-state index < -0.39 is 0 Å². The minimum atomic E-state index is -0.162. The van der Waals surface area contributed by atoms with E-state index in [1.165, 1.54) is 0 Å². The van der Waals surface area contributed by atoms with Crippen LogP contribution in [0.3, 0.4) is 0 Å². The lowest BCUT2D eigenvalue weighted by Crippen LogP contribution is -2.18. The van der Waals surface area contributed by atoms with Gasteiger partial charge in [0.25, 0.3) is 5.91 Å². The number of fused-ring (bicyclic) bond motifs is 3. The normalized spacial score (nSPS) is 15.5. The number of ether oxygens (including phenoxy) is 1. The number of imidazole rings is 1. The maximum Gasteiger partial charge on any atom is 0.257 e. The van der Waals surface area contributed by atoms with Gasteiger partial charge in [-0.1, -0.05) is 6.07 Å². The van der Waals surface area contributed by atoms with Crippen molar-refractivity contribution in [1.29, 1.82) is 0 Å². The smallest absolute Gasteiger partial charge is 0.257 e. The number of hydrogen-bond acceptors (Lipinski definition) is 3. The lowest BCUT2D eigenvalue weighted by Gasteiger charge is -2.22. The number of aromatic amines is 1. The fourth-order valence-electron chi connectivity index (χ4n) is 3.22. The highest BCUT2D eigenvalue weighted by Crippen LogP contribution is 2.35. The van der Waals surface area contributed by atoms with Gasteiger partial charge in [-0.05, 0) is 19.1 Å². The first-order valence-electron chi connectivity index (χ1n) is 7.86. The summed E-state index contributed by atoms with van der Waals surface area (Å²) in [6.07, 6.45) is 6.35. The number of aromatic nitrogens is 3. The highest BCUT2D eigenvalue weighted by Gasteiger charge is 2.28. The molecule has 0 radical (unpaired) electrons. The van der Waals surface area contributed by atoms with Gasteiger partial charge in [0.15, 0.2) is 0 Å². The Kier molecular flexibility index (Phi) is 3.37. The van der Waals surface area contributed by atoms with Crippen molar-refractivity contribution in [2.24, 2.45) is 0 Å². The van der Waals surface area contributed by atoms with Crippen LogP contribution in [0.2, 0.25) is 0 Å². The van der Waals surface area contributed by atoms with E-state index in [4.69, 9.17) is 4.74 Å². The third kappa shape index (κ3) is 2.27. The van der Waals surface area contributed by atoms with Gasteiger partial charge in [-0.25, -0.2) is 4.98 Å². The van der Waals surface area contributed by atoms with E-state index in [1.54, 1.807) is 25.6 Å². The van der Waals surface area contributed by atoms with Gasteiger partial charge in [-0.15, -0.1) is 0 Å². The van der Waals surface area contributed by atoms with Crippen LogP contribution in [0.5, 0.6) is 5.75 Å². The van der Waals surface area contributed by atoms with E-state index in [2.05, 4.69) is 26.8 Å². The number of rotatable bonds is 3. The van der Waals surface area contributed by atoms with E-state index in [0.717, 1.165) is 23.5 Å². The Labute approximate surface area is 139 Å². The van der Waals surface area contributed by atoms with E-state index in [9.17, 15) is 4.79 Å². The van der Waals surface area contributed by atoms with Crippen LogP contribution >= 0.6 is 0 Å². The van der Waals surface area contributed by atoms with Crippen LogP contribution in [0.4, 0.5) is 5.69 Å². The number of nitrogens with one attached hydrogen (secondary N) is 2. The van der Waals surface area contributed by atoms with Crippen molar-refractivity contribution < 1.29 is 9.53 Å². The molecule has 0 saturated heterocycles. The Morgan fingerprint density at radius 2 is 2.33 bits per heavy atom. The summed E-state index contributed by atoms with van der Waals surface area (Å²) >= 11 is 0. The average molecular weight is 322 g/mol. The third-order valence-electron chi connectivity index (χ3n) is 4.40. The number of amides is 1. The molecule has 6 heteroatoms. The minimum Gasteiger partial charge on any atom is -0.497 e. The number of H-pyrrole nitrogens is 1. The number of carbonyl (C=O) groups is 1. The van der Waals surface area contributed by atoms with Crippen LogP contribution < -0.4 is 10.1 Å². The summed E-state index contributed by atoms with van der Waals surface area (Å²) in [5.41, 5.74) is 3.24. The molecule has 6 nitrogen and oxygen atoms in total. The zero-order valence-corrected chi connectivity index (χ0v) is 13.5. The molecule has 24 heavy (non-hydrogen) atoms. The first kappa shape index (κ1) is 14.6. The number of hydrogen-bond donors (Lipinski definition) is 2. The molecule has 0 aliphatic carbocycles. The number of anilines is 1. The molecule has 2 N–H and O–H groups in total. The molecule has 0 unspecified atom stereocenters. The lowest BCUT2D eigenvalue weighted by molar-refractivity contribution is 0.102. The van der Waals surface area contributed by atoms with E-state index in [0.29, 0.717) is 23.0 Å². The molecule has 1 atom stereocenters. The summed E-state index contributed by atoms with van der Waals surface area (Å²) in [6, 6.07) is 7.63. The maximum atomic E-state index is 12.8. The highest BCUT2D eigenvalue weighted by atomic mass is 16.5. The molecule has 3 heterocycles. The Morgan fingerprint density at radius 1 is 1.46 bits per heavy atom.